The summed E-state index contributed by atoms with van der Waals surface area (Å²) < 4.78 is 0. The summed E-state index contributed by atoms with van der Waals surface area (Å²) in [6.07, 6.45) is 0. The van der Waals surface area contributed by atoms with Crippen molar-refractivity contribution in [3.63, 3.8) is 0 Å². The van der Waals surface area contributed by atoms with Gasteiger partial charge in [0.05, 0.1) is 17.6 Å². The van der Waals surface area contributed by atoms with Gasteiger partial charge in [0.25, 0.3) is 0 Å². The Bertz CT molecular complexity index is 766. The van der Waals surface area contributed by atoms with Crippen molar-refractivity contribution in [3.8, 4) is 0 Å². The van der Waals surface area contributed by atoms with E-state index >= 15 is 0 Å². The first-order chi connectivity index (χ1) is 10.8. The van der Waals surface area contributed by atoms with Crippen molar-refractivity contribution in [1.29, 1.82) is 0 Å². The van der Waals surface area contributed by atoms with Crippen LogP contribution in [0.2, 0.25) is 0 Å². The minimum atomic E-state index is -0.193. The molecule has 5 nitrogen and oxygen atoms in total. The van der Waals surface area contributed by atoms with E-state index in [0.29, 0.717) is 5.75 Å². The van der Waals surface area contributed by atoms with Gasteiger partial charge in [-0.05, 0) is 23.8 Å². The van der Waals surface area contributed by atoms with E-state index in [2.05, 4.69) is 15.3 Å². The third kappa shape index (κ3) is 3.29. The molecule has 22 heavy (non-hydrogen) atoms. The van der Waals surface area contributed by atoms with Gasteiger partial charge in [0.2, 0.25) is 5.91 Å². The molecule has 0 aliphatic carbocycles. The van der Waals surface area contributed by atoms with E-state index in [0.717, 1.165) is 27.4 Å². The van der Waals surface area contributed by atoms with Crippen molar-refractivity contribution >= 4 is 34.4 Å². The van der Waals surface area contributed by atoms with Gasteiger partial charge < -0.3 is 16.0 Å². The smallest absolute Gasteiger partial charge is 0.238 e. The Morgan fingerprint density at radius 3 is 2.77 bits per heavy atom. The quantitative estimate of drug-likeness (QED) is 0.633. The Morgan fingerprint density at radius 1 is 1.18 bits per heavy atom. The van der Waals surface area contributed by atoms with Crippen LogP contribution in [-0.4, -0.2) is 22.4 Å². The average molecular weight is 312 g/mol. The molecule has 2 aromatic carbocycles. The molecule has 1 heterocycles. The van der Waals surface area contributed by atoms with Crippen molar-refractivity contribution in [2.45, 2.75) is 10.9 Å². The topological polar surface area (TPSA) is 83.8 Å². The fourth-order valence-electron chi connectivity index (χ4n) is 2.11. The molecule has 4 N–H and O–H groups in total. The molecule has 0 atom stereocenters. The Balaban J connectivity index is 1.74. The lowest BCUT2D eigenvalue weighted by molar-refractivity contribution is -0.114. The molecule has 0 radical (unpaired) electrons. The van der Waals surface area contributed by atoms with Gasteiger partial charge in [-0.3, -0.25) is 4.79 Å². The van der Waals surface area contributed by atoms with Crippen LogP contribution in [0.15, 0.2) is 53.7 Å². The maximum Gasteiger partial charge on any atom is 0.238 e. The van der Waals surface area contributed by atoms with E-state index in [-0.39, 0.29) is 12.5 Å². The Labute approximate surface area is 132 Å². The van der Waals surface area contributed by atoms with Crippen molar-refractivity contribution in [2.75, 3.05) is 11.9 Å². The van der Waals surface area contributed by atoms with Gasteiger partial charge in [-0.1, -0.05) is 42.1 Å². The van der Waals surface area contributed by atoms with Gasteiger partial charge in [0, 0.05) is 11.4 Å². The van der Waals surface area contributed by atoms with Gasteiger partial charge in [-0.15, -0.1) is 0 Å². The summed E-state index contributed by atoms with van der Waals surface area (Å²) in [4.78, 5) is 19.3. The number of imidazole rings is 1. The molecule has 0 bridgehead atoms. The standard InChI is InChI=1S/C16H16N4OS/c17-9-15(21)18-12-6-2-1-5-11(12)10-22-16-19-13-7-3-4-8-14(13)20-16/h1-8H,9-10,17H2,(H,18,21)(H,19,20). The minimum Gasteiger partial charge on any atom is -0.333 e. The number of aromatic nitrogens is 2. The number of fused-ring (bicyclic) bond motifs is 1. The van der Waals surface area contributed by atoms with Gasteiger partial charge >= 0.3 is 0 Å². The van der Waals surface area contributed by atoms with Gasteiger partial charge in [0.15, 0.2) is 5.16 Å². The largest absolute Gasteiger partial charge is 0.333 e. The number of carbonyl (C=O) groups excluding carboxylic acids is 1. The van der Waals surface area contributed by atoms with Crippen molar-refractivity contribution in [1.82, 2.24) is 9.97 Å². The zero-order valence-corrected chi connectivity index (χ0v) is 12.7. The normalized spacial score (nSPS) is 10.8. The van der Waals surface area contributed by atoms with Crippen LogP contribution in [0, 0.1) is 0 Å². The van der Waals surface area contributed by atoms with E-state index in [4.69, 9.17) is 5.73 Å². The second-order valence-corrected chi connectivity index (χ2v) is 5.72. The summed E-state index contributed by atoms with van der Waals surface area (Å²) in [6.45, 7) is -0.0228. The predicted octanol–water partition coefficient (Wildman–Crippen LogP) is 2.75. The molecule has 0 aliphatic rings. The van der Waals surface area contributed by atoms with Crippen LogP contribution in [0.4, 0.5) is 5.69 Å². The summed E-state index contributed by atoms with van der Waals surface area (Å²) >= 11 is 1.60. The lowest BCUT2D eigenvalue weighted by atomic mass is 10.2. The summed E-state index contributed by atoms with van der Waals surface area (Å²) in [5, 5.41) is 3.68. The number of para-hydroxylation sites is 3. The second-order valence-electron chi connectivity index (χ2n) is 4.76. The molecule has 0 saturated heterocycles. The number of H-pyrrole nitrogens is 1. The van der Waals surface area contributed by atoms with Crippen molar-refractivity contribution in [2.24, 2.45) is 5.73 Å². The summed E-state index contributed by atoms with van der Waals surface area (Å²) in [6, 6.07) is 15.6. The number of nitrogens with two attached hydrogens (primary N) is 1. The first kappa shape index (κ1) is 14.6. The van der Waals surface area contributed by atoms with Crippen LogP contribution >= 0.6 is 11.8 Å². The van der Waals surface area contributed by atoms with Crippen LogP contribution in [0.1, 0.15) is 5.56 Å². The number of aromatic amines is 1. The first-order valence-corrected chi connectivity index (χ1v) is 7.90. The molecule has 6 heteroatoms. The van der Waals surface area contributed by atoms with Crippen molar-refractivity contribution in [3.05, 3.63) is 54.1 Å². The third-order valence-corrected chi connectivity index (χ3v) is 4.13. The molecular formula is C16H16N4OS. The van der Waals surface area contributed by atoms with Gasteiger partial charge in [-0.2, -0.15) is 0 Å². The van der Waals surface area contributed by atoms with Crippen LogP contribution in [-0.2, 0) is 10.5 Å². The molecule has 0 spiro atoms. The predicted molar refractivity (Wildman–Crippen MR) is 89.8 cm³/mol. The third-order valence-electron chi connectivity index (χ3n) is 3.21. The van der Waals surface area contributed by atoms with E-state index < -0.39 is 0 Å². The first-order valence-electron chi connectivity index (χ1n) is 6.91. The molecule has 1 aromatic heterocycles. The molecule has 112 valence electrons. The number of rotatable bonds is 5. The fourth-order valence-corrected chi connectivity index (χ4v) is 3.00. The highest BCUT2D eigenvalue weighted by atomic mass is 32.2. The summed E-state index contributed by atoms with van der Waals surface area (Å²) in [5.74, 6) is 0.516. The highest BCUT2D eigenvalue weighted by Gasteiger charge is 2.07. The number of hydrogen-bond acceptors (Lipinski definition) is 4. The van der Waals surface area contributed by atoms with Crippen LogP contribution < -0.4 is 11.1 Å². The van der Waals surface area contributed by atoms with Gasteiger partial charge in [0.1, 0.15) is 0 Å². The molecule has 1 amide bonds. The number of carbonyl (C=O) groups is 1. The van der Waals surface area contributed by atoms with Crippen molar-refractivity contribution < 1.29 is 4.79 Å². The molecule has 0 unspecified atom stereocenters. The Hall–Kier alpha value is -2.31. The van der Waals surface area contributed by atoms with Crippen LogP contribution in [0.5, 0.6) is 0 Å². The monoisotopic (exact) mass is 312 g/mol. The second kappa shape index (κ2) is 6.64. The molecule has 0 fully saturated rings. The minimum absolute atomic E-state index is 0.0228. The Kier molecular flexibility index (Phi) is 4.41. The molecule has 3 aromatic rings. The molecular weight excluding hydrogens is 296 g/mol. The zero-order chi connectivity index (χ0) is 15.4. The number of hydrogen-bond donors (Lipinski definition) is 3. The number of amides is 1. The maximum absolute atomic E-state index is 11.5. The fraction of sp³-hybridized carbons (Fsp3) is 0.125. The number of benzene rings is 2. The molecule has 0 aliphatic heterocycles. The Morgan fingerprint density at radius 2 is 1.95 bits per heavy atom. The molecule has 0 saturated carbocycles. The maximum atomic E-state index is 11.5. The van der Waals surface area contributed by atoms with E-state index in [1.165, 1.54) is 0 Å². The van der Waals surface area contributed by atoms with Gasteiger partial charge in [-0.25, -0.2) is 4.98 Å². The highest BCUT2D eigenvalue weighted by molar-refractivity contribution is 7.98. The summed E-state index contributed by atoms with van der Waals surface area (Å²) in [7, 11) is 0. The summed E-state index contributed by atoms with van der Waals surface area (Å²) in [5.41, 5.74) is 9.15. The van der Waals surface area contributed by atoms with E-state index in [1.807, 2.05) is 48.5 Å². The number of nitrogens with one attached hydrogen (secondary N) is 2. The highest BCUT2D eigenvalue weighted by Crippen LogP contribution is 2.26. The lowest BCUT2D eigenvalue weighted by Crippen LogP contribution is -2.22. The van der Waals surface area contributed by atoms with Crippen LogP contribution in [0.25, 0.3) is 11.0 Å². The average Bonchev–Trinajstić information content (AvgIpc) is 2.96. The van der Waals surface area contributed by atoms with E-state index in [1.54, 1.807) is 11.8 Å². The molecule has 3 rings (SSSR count). The van der Waals surface area contributed by atoms with Crippen LogP contribution in [0.3, 0.4) is 0 Å². The number of nitrogens with zero attached hydrogens (tertiary/aromatic N) is 1. The lowest BCUT2D eigenvalue weighted by Gasteiger charge is -2.09. The van der Waals surface area contributed by atoms with E-state index in [9.17, 15) is 4.79 Å². The number of thioether (sulfide) groups is 1. The SMILES string of the molecule is NCC(=O)Nc1ccccc1CSc1nc2ccccc2[nH]1. The number of anilines is 1. The zero-order valence-electron chi connectivity index (χ0n) is 11.9.